The van der Waals surface area contributed by atoms with Gasteiger partial charge >= 0.3 is 0 Å². The predicted molar refractivity (Wildman–Crippen MR) is 68.0 cm³/mol. The van der Waals surface area contributed by atoms with Crippen molar-refractivity contribution in [3.05, 3.63) is 58.0 Å². The fraction of sp³-hybridized carbons (Fsp3) is 0.231. The summed E-state index contributed by atoms with van der Waals surface area (Å²) in [6, 6.07) is 10.00. The zero-order valence-corrected chi connectivity index (χ0v) is 9.97. The monoisotopic (exact) mass is 229 g/mol. The van der Waals surface area contributed by atoms with E-state index in [-0.39, 0.29) is 5.56 Å². The fourth-order valence-electron chi connectivity index (χ4n) is 1.60. The van der Waals surface area contributed by atoms with Gasteiger partial charge in [0.1, 0.15) is 0 Å². The van der Waals surface area contributed by atoms with E-state index in [0.717, 1.165) is 5.56 Å². The molecule has 1 heterocycles. The van der Waals surface area contributed by atoms with Gasteiger partial charge in [-0.25, -0.2) is 4.98 Å². The minimum Gasteiger partial charge on any atom is -0.352 e. The Morgan fingerprint density at radius 3 is 2.71 bits per heavy atom. The number of rotatable bonds is 3. The Labute approximate surface area is 99.9 Å². The van der Waals surface area contributed by atoms with E-state index >= 15 is 0 Å². The van der Waals surface area contributed by atoms with Gasteiger partial charge in [-0.1, -0.05) is 30.3 Å². The average molecular weight is 229 g/mol. The van der Waals surface area contributed by atoms with Crippen LogP contribution >= 0.6 is 0 Å². The number of aromatic nitrogens is 2. The van der Waals surface area contributed by atoms with E-state index < -0.39 is 0 Å². The molecule has 0 fully saturated rings. The second kappa shape index (κ2) is 4.82. The molecule has 0 spiro atoms. The Morgan fingerprint density at radius 1 is 1.29 bits per heavy atom. The molecule has 0 aliphatic carbocycles. The molecule has 0 amide bonds. The Morgan fingerprint density at radius 2 is 2.00 bits per heavy atom. The Kier molecular flexibility index (Phi) is 3.23. The van der Waals surface area contributed by atoms with Crippen LogP contribution in [0.2, 0.25) is 0 Å². The lowest BCUT2D eigenvalue weighted by Crippen LogP contribution is -2.23. The summed E-state index contributed by atoms with van der Waals surface area (Å²) in [7, 11) is 1.72. The SMILES string of the molecule is Cc1cnc(NCc2ccccc2)n(C)c1=O. The summed E-state index contributed by atoms with van der Waals surface area (Å²) in [5.74, 6) is 0.587. The van der Waals surface area contributed by atoms with E-state index in [4.69, 9.17) is 0 Å². The Bertz CT molecular complexity index is 561. The summed E-state index contributed by atoms with van der Waals surface area (Å²) in [5, 5.41) is 3.15. The zero-order chi connectivity index (χ0) is 12.3. The van der Waals surface area contributed by atoms with Crippen LogP contribution in [0.3, 0.4) is 0 Å². The van der Waals surface area contributed by atoms with Crippen LogP contribution in [0.4, 0.5) is 5.95 Å². The van der Waals surface area contributed by atoms with Crippen molar-refractivity contribution in [1.29, 1.82) is 0 Å². The quantitative estimate of drug-likeness (QED) is 0.871. The number of hydrogen-bond donors (Lipinski definition) is 1. The van der Waals surface area contributed by atoms with E-state index in [9.17, 15) is 4.79 Å². The van der Waals surface area contributed by atoms with Gasteiger partial charge in [0.15, 0.2) is 0 Å². The van der Waals surface area contributed by atoms with Crippen LogP contribution in [-0.4, -0.2) is 9.55 Å². The molecule has 0 radical (unpaired) electrons. The Hall–Kier alpha value is -2.10. The van der Waals surface area contributed by atoms with Gasteiger partial charge in [-0.05, 0) is 12.5 Å². The molecule has 88 valence electrons. The van der Waals surface area contributed by atoms with Crippen molar-refractivity contribution >= 4 is 5.95 Å². The highest BCUT2D eigenvalue weighted by atomic mass is 16.1. The molecule has 2 rings (SSSR count). The van der Waals surface area contributed by atoms with Crippen molar-refractivity contribution in [1.82, 2.24) is 9.55 Å². The fourth-order valence-corrected chi connectivity index (χ4v) is 1.60. The van der Waals surface area contributed by atoms with E-state index in [2.05, 4.69) is 10.3 Å². The minimum atomic E-state index is -0.0180. The topological polar surface area (TPSA) is 46.9 Å². The molecule has 1 N–H and O–H groups in total. The van der Waals surface area contributed by atoms with Gasteiger partial charge in [0, 0.05) is 25.4 Å². The van der Waals surface area contributed by atoms with Crippen LogP contribution in [-0.2, 0) is 13.6 Å². The molecule has 4 nitrogen and oxygen atoms in total. The van der Waals surface area contributed by atoms with E-state index in [1.807, 2.05) is 30.3 Å². The standard InChI is InChI=1S/C13H15N3O/c1-10-8-14-13(16(2)12(10)17)15-9-11-6-4-3-5-7-11/h3-8H,9H2,1-2H3,(H,14,15). The molecule has 0 saturated carbocycles. The summed E-state index contributed by atoms with van der Waals surface area (Å²) in [6.45, 7) is 2.42. The summed E-state index contributed by atoms with van der Waals surface area (Å²) >= 11 is 0. The van der Waals surface area contributed by atoms with Gasteiger partial charge in [-0.3, -0.25) is 9.36 Å². The molecule has 0 aliphatic heterocycles. The average Bonchev–Trinajstić information content (AvgIpc) is 2.36. The zero-order valence-electron chi connectivity index (χ0n) is 9.97. The predicted octanol–water partition coefficient (Wildman–Crippen LogP) is 1.70. The van der Waals surface area contributed by atoms with Gasteiger partial charge in [0.25, 0.3) is 5.56 Å². The van der Waals surface area contributed by atoms with Crippen molar-refractivity contribution in [2.75, 3.05) is 5.32 Å². The van der Waals surface area contributed by atoms with Crippen molar-refractivity contribution in [2.45, 2.75) is 13.5 Å². The lowest BCUT2D eigenvalue weighted by Gasteiger charge is -2.10. The van der Waals surface area contributed by atoms with Gasteiger partial charge in [-0.15, -0.1) is 0 Å². The second-order valence-corrected chi connectivity index (χ2v) is 3.97. The second-order valence-electron chi connectivity index (χ2n) is 3.97. The smallest absolute Gasteiger partial charge is 0.257 e. The molecule has 2 aromatic rings. The molecule has 4 heteroatoms. The summed E-state index contributed by atoms with van der Waals surface area (Å²) < 4.78 is 1.53. The molecule has 0 atom stereocenters. The van der Waals surface area contributed by atoms with Crippen LogP contribution in [0, 0.1) is 6.92 Å². The number of nitrogens with zero attached hydrogens (tertiary/aromatic N) is 2. The normalized spacial score (nSPS) is 10.2. The maximum Gasteiger partial charge on any atom is 0.257 e. The number of anilines is 1. The molecule has 0 unspecified atom stereocenters. The number of nitrogens with one attached hydrogen (secondary N) is 1. The maximum atomic E-state index is 11.7. The lowest BCUT2D eigenvalue weighted by molar-refractivity contribution is 0.810. The number of aryl methyl sites for hydroxylation is 1. The molecule has 0 saturated heterocycles. The van der Waals surface area contributed by atoms with E-state index in [1.165, 1.54) is 4.57 Å². The number of hydrogen-bond acceptors (Lipinski definition) is 3. The van der Waals surface area contributed by atoms with Crippen molar-refractivity contribution in [2.24, 2.45) is 7.05 Å². The molecule has 1 aromatic heterocycles. The van der Waals surface area contributed by atoms with E-state index in [1.54, 1.807) is 20.2 Å². The molecule has 17 heavy (non-hydrogen) atoms. The summed E-state index contributed by atoms with van der Waals surface area (Å²) in [5.41, 5.74) is 1.79. The lowest BCUT2D eigenvalue weighted by atomic mass is 10.2. The van der Waals surface area contributed by atoms with Crippen LogP contribution in [0.25, 0.3) is 0 Å². The van der Waals surface area contributed by atoms with Crippen LogP contribution < -0.4 is 10.9 Å². The molecule has 0 aliphatic rings. The van der Waals surface area contributed by atoms with Crippen molar-refractivity contribution < 1.29 is 0 Å². The Balaban J connectivity index is 2.15. The molecular weight excluding hydrogens is 214 g/mol. The van der Waals surface area contributed by atoms with Crippen LogP contribution in [0.1, 0.15) is 11.1 Å². The number of benzene rings is 1. The molecular formula is C13H15N3O. The first-order valence-electron chi connectivity index (χ1n) is 5.49. The largest absolute Gasteiger partial charge is 0.352 e. The minimum absolute atomic E-state index is 0.0180. The third-order valence-corrected chi connectivity index (χ3v) is 2.63. The van der Waals surface area contributed by atoms with Crippen molar-refractivity contribution in [3.63, 3.8) is 0 Å². The highest BCUT2D eigenvalue weighted by Gasteiger charge is 2.03. The molecule has 0 bridgehead atoms. The third-order valence-electron chi connectivity index (χ3n) is 2.63. The van der Waals surface area contributed by atoms with Crippen LogP contribution in [0.5, 0.6) is 0 Å². The first-order chi connectivity index (χ1) is 8.18. The highest BCUT2D eigenvalue weighted by Crippen LogP contribution is 2.03. The van der Waals surface area contributed by atoms with Crippen LogP contribution in [0.15, 0.2) is 41.3 Å². The molecule has 1 aromatic carbocycles. The van der Waals surface area contributed by atoms with Gasteiger partial charge in [0.2, 0.25) is 5.95 Å². The highest BCUT2D eigenvalue weighted by molar-refractivity contribution is 5.29. The summed E-state index contributed by atoms with van der Waals surface area (Å²) in [6.07, 6.45) is 1.59. The first-order valence-corrected chi connectivity index (χ1v) is 5.49. The van der Waals surface area contributed by atoms with E-state index in [0.29, 0.717) is 18.1 Å². The maximum absolute atomic E-state index is 11.7. The van der Waals surface area contributed by atoms with Gasteiger partial charge in [0.05, 0.1) is 0 Å². The summed E-state index contributed by atoms with van der Waals surface area (Å²) in [4.78, 5) is 15.9. The van der Waals surface area contributed by atoms with Crippen molar-refractivity contribution in [3.8, 4) is 0 Å². The van der Waals surface area contributed by atoms with Gasteiger partial charge in [-0.2, -0.15) is 0 Å². The first kappa shape index (κ1) is 11.4. The third kappa shape index (κ3) is 2.53. The van der Waals surface area contributed by atoms with Gasteiger partial charge < -0.3 is 5.32 Å².